The van der Waals surface area contributed by atoms with Crippen LogP contribution in [0, 0.1) is 6.07 Å². The third-order valence-electron chi connectivity index (χ3n) is 1.97. The van der Waals surface area contributed by atoms with Crippen LogP contribution in [0.5, 0.6) is 5.75 Å². The van der Waals surface area contributed by atoms with E-state index < -0.39 is 7.60 Å². The summed E-state index contributed by atoms with van der Waals surface area (Å²) in [5.74, 6) is 0.725. The largest absolute Gasteiger partial charge is 0.493 e. The summed E-state index contributed by atoms with van der Waals surface area (Å²) in [6, 6.07) is 10.0. The lowest BCUT2D eigenvalue weighted by molar-refractivity contribution is 0.213. The SMILES string of the molecule is CCOP(=O)(CCOc1cc[c]cc1)OCC. The van der Waals surface area contributed by atoms with Crippen LogP contribution in [0.1, 0.15) is 13.8 Å². The summed E-state index contributed by atoms with van der Waals surface area (Å²) in [7, 11) is -2.99. The molecule has 4 nitrogen and oxygen atoms in total. The lowest BCUT2D eigenvalue weighted by Gasteiger charge is -2.16. The maximum Gasteiger partial charge on any atom is 0.334 e. The first-order chi connectivity index (χ1) is 8.20. The van der Waals surface area contributed by atoms with Crippen molar-refractivity contribution in [1.82, 2.24) is 0 Å². The molecule has 0 amide bonds. The van der Waals surface area contributed by atoms with Crippen LogP contribution >= 0.6 is 7.60 Å². The fraction of sp³-hybridized carbons (Fsp3) is 0.500. The van der Waals surface area contributed by atoms with Crippen molar-refractivity contribution in [2.24, 2.45) is 0 Å². The molecule has 1 rings (SSSR count). The molecule has 0 aliphatic carbocycles. The Morgan fingerprint density at radius 3 is 2.29 bits per heavy atom. The minimum atomic E-state index is -2.99. The van der Waals surface area contributed by atoms with Gasteiger partial charge in [0.1, 0.15) is 5.75 Å². The van der Waals surface area contributed by atoms with Gasteiger partial charge in [0.25, 0.3) is 0 Å². The van der Waals surface area contributed by atoms with Gasteiger partial charge in [-0.3, -0.25) is 4.57 Å². The summed E-state index contributed by atoms with van der Waals surface area (Å²) < 4.78 is 27.8. The second-order valence-electron chi connectivity index (χ2n) is 3.25. The van der Waals surface area contributed by atoms with E-state index in [-0.39, 0.29) is 6.16 Å². The molecule has 17 heavy (non-hydrogen) atoms. The first kappa shape index (κ1) is 14.2. The third kappa shape index (κ3) is 5.35. The van der Waals surface area contributed by atoms with E-state index in [4.69, 9.17) is 13.8 Å². The minimum Gasteiger partial charge on any atom is -0.493 e. The van der Waals surface area contributed by atoms with Gasteiger partial charge >= 0.3 is 7.60 Å². The van der Waals surface area contributed by atoms with E-state index in [9.17, 15) is 4.57 Å². The summed E-state index contributed by atoms with van der Waals surface area (Å²) in [6.07, 6.45) is 0.257. The van der Waals surface area contributed by atoms with Crippen LogP contribution in [0.3, 0.4) is 0 Å². The number of ether oxygens (including phenoxy) is 1. The van der Waals surface area contributed by atoms with Crippen molar-refractivity contribution in [2.45, 2.75) is 13.8 Å². The van der Waals surface area contributed by atoms with E-state index in [0.29, 0.717) is 19.8 Å². The summed E-state index contributed by atoms with van der Waals surface area (Å²) in [5.41, 5.74) is 0. The topological polar surface area (TPSA) is 44.8 Å². The zero-order chi connectivity index (χ0) is 12.6. The lowest BCUT2D eigenvalue weighted by atomic mass is 10.3. The van der Waals surface area contributed by atoms with E-state index in [2.05, 4.69) is 6.07 Å². The van der Waals surface area contributed by atoms with Gasteiger partial charge < -0.3 is 13.8 Å². The van der Waals surface area contributed by atoms with E-state index in [0.717, 1.165) is 5.75 Å². The van der Waals surface area contributed by atoms with Gasteiger partial charge in [-0.15, -0.1) is 0 Å². The molecule has 0 aliphatic heterocycles. The molecule has 0 fully saturated rings. The molecule has 0 aromatic heterocycles. The van der Waals surface area contributed by atoms with Crippen molar-refractivity contribution in [3.05, 3.63) is 30.3 Å². The Balaban J connectivity index is 2.40. The molecule has 1 aromatic rings. The predicted octanol–water partition coefficient (Wildman–Crippen LogP) is 3.13. The minimum absolute atomic E-state index is 0.257. The maximum atomic E-state index is 12.1. The van der Waals surface area contributed by atoms with Gasteiger partial charge in [-0.05, 0) is 32.0 Å². The highest BCUT2D eigenvalue weighted by molar-refractivity contribution is 7.53. The molecule has 95 valence electrons. The van der Waals surface area contributed by atoms with Gasteiger partial charge in [-0.1, -0.05) is 12.1 Å². The third-order valence-corrected chi connectivity index (χ3v) is 4.01. The van der Waals surface area contributed by atoms with Gasteiger partial charge in [0.05, 0.1) is 26.0 Å². The molecule has 0 aliphatic rings. The molecular weight excluding hydrogens is 239 g/mol. The molecule has 0 unspecified atom stereocenters. The van der Waals surface area contributed by atoms with Gasteiger partial charge in [-0.25, -0.2) is 0 Å². The van der Waals surface area contributed by atoms with Crippen molar-refractivity contribution in [1.29, 1.82) is 0 Å². The second kappa shape index (κ2) is 7.49. The number of hydrogen-bond acceptors (Lipinski definition) is 4. The summed E-state index contributed by atoms with van der Waals surface area (Å²) >= 11 is 0. The zero-order valence-corrected chi connectivity index (χ0v) is 11.1. The van der Waals surface area contributed by atoms with Crippen LogP contribution in [0.15, 0.2) is 24.3 Å². The number of hydrogen-bond donors (Lipinski definition) is 0. The standard InChI is InChI=1S/C12H18O4P/c1-3-15-17(13,16-4-2)11-10-14-12-8-6-5-7-9-12/h6-9H,3-4,10-11H2,1-2H3. The van der Waals surface area contributed by atoms with Gasteiger partial charge in [0.2, 0.25) is 0 Å². The molecule has 0 bridgehead atoms. The van der Waals surface area contributed by atoms with Crippen LogP contribution < -0.4 is 4.74 Å². The highest BCUT2D eigenvalue weighted by atomic mass is 31.2. The average Bonchev–Trinajstić information content (AvgIpc) is 2.31. The normalized spacial score (nSPS) is 11.4. The Labute approximate surface area is 102 Å². The van der Waals surface area contributed by atoms with Crippen LogP contribution in [0.4, 0.5) is 0 Å². The summed E-state index contributed by atoms with van der Waals surface area (Å²) in [6.45, 7) is 4.63. The Morgan fingerprint density at radius 2 is 1.76 bits per heavy atom. The molecule has 0 heterocycles. The van der Waals surface area contributed by atoms with Crippen molar-refractivity contribution in [3.63, 3.8) is 0 Å². The first-order valence-corrected chi connectivity index (χ1v) is 7.40. The predicted molar refractivity (Wildman–Crippen MR) is 66.5 cm³/mol. The fourth-order valence-corrected chi connectivity index (χ4v) is 2.74. The summed E-state index contributed by atoms with van der Waals surface area (Å²) in [4.78, 5) is 0. The quantitative estimate of drug-likeness (QED) is 0.671. The Bertz CT molecular complexity index is 343. The number of rotatable bonds is 8. The Kier molecular flexibility index (Phi) is 6.27. The molecular formula is C12H18O4P. The van der Waals surface area contributed by atoms with Gasteiger partial charge in [-0.2, -0.15) is 0 Å². The van der Waals surface area contributed by atoms with Crippen molar-refractivity contribution >= 4 is 7.60 Å². The molecule has 0 saturated carbocycles. The molecule has 0 atom stereocenters. The van der Waals surface area contributed by atoms with Crippen LogP contribution in [0.25, 0.3) is 0 Å². The first-order valence-electron chi connectivity index (χ1n) is 5.67. The van der Waals surface area contributed by atoms with Crippen molar-refractivity contribution in [3.8, 4) is 5.75 Å². The van der Waals surface area contributed by atoms with E-state index in [1.165, 1.54) is 0 Å². The molecule has 1 radical (unpaired) electrons. The average molecular weight is 257 g/mol. The molecule has 5 heteroatoms. The molecule has 0 spiro atoms. The van der Waals surface area contributed by atoms with Crippen molar-refractivity contribution < 1.29 is 18.3 Å². The Hall–Kier alpha value is -0.830. The van der Waals surface area contributed by atoms with E-state index in [1.54, 1.807) is 38.1 Å². The molecule has 1 aromatic carbocycles. The Morgan fingerprint density at radius 1 is 1.18 bits per heavy atom. The second-order valence-corrected chi connectivity index (χ2v) is 5.44. The highest BCUT2D eigenvalue weighted by Gasteiger charge is 2.23. The van der Waals surface area contributed by atoms with Gasteiger partial charge in [0, 0.05) is 0 Å². The van der Waals surface area contributed by atoms with Crippen LogP contribution in [-0.4, -0.2) is 26.0 Å². The number of benzene rings is 1. The molecule has 0 N–H and O–H groups in total. The van der Waals surface area contributed by atoms with Crippen LogP contribution in [-0.2, 0) is 13.6 Å². The van der Waals surface area contributed by atoms with Gasteiger partial charge in [0.15, 0.2) is 0 Å². The lowest BCUT2D eigenvalue weighted by Crippen LogP contribution is -2.08. The van der Waals surface area contributed by atoms with Crippen LogP contribution in [0.2, 0.25) is 0 Å². The smallest absolute Gasteiger partial charge is 0.334 e. The highest BCUT2D eigenvalue weighted by Crippen LogP contribution is 2.47. The maximum absolute atomic E-state index is 12.1. The van der Waals surface area contributed by atoms with E-state index >= 15 is 0 Å². The van der Waals surface area contributed by atoms with E-state index in [1.807, 2.05) is 0 Å². The van der Waals surface area contributed by atoms with Crippen molar-refractivity contribution in [2.75, 3.05) is 26.0 Å². The fourth-order valence-electron chi connectivity index (χ4n) is 1.30. The monoisotopic (exact) mass is 257 g/mol. The molecule has 0 saturated heterocycles. The summed E-state index contributed by atoms with van der Waals surface area (Å²) in [5, 5.41) is 0. The zero-order valence-electron chi connectivity index (χ0n) is 10.2.